The fourth-order valence-electron chi connectivity index (χ4n) is 5.32. The summed E-state index contributed by atoms with van der Waals surface area (Å²) in [6.07, 6.45) is 4.74. The molecule has 1 fully saturated rings. The van der Waals surface area contributed by atoms with Gasteiger partial charge in [-0.05, 0) is 44.4 Å². The first-order chi connectivity index (χ1) is 18.0. The van der Waals surface area contributed by atoms with Crippen LogP contribution in [0.25, 0.3) is 21.8 Å². The lowest BCUT2D eigenvalue weighted by Crippen LogP contribution is -2.46. The third-order valence-electron chi connectivity index (χ3n) is 7.31. The Balaban J connectivity index is 1.49. The van der Waals surface area contributed by atoms with E-state index in [1.807, 2.05) is 37.3 Å². The van der Waals surface area contributed by atoms with Crippen molar-refractivity contribution in [2.24, 2.45) is 0 Å². The topological polar surface area (TPSA) is 91.5 Å². The summed E-state index contributed by atoms with van der Waals surface area (Å²) >= 11 is 0. The Morgan fingerprint density at radius 1 is 0.973 bits per heavy atom. The van der Waals surface area contributed by atoms with Crippen LogP contribution in [0.15, 0.2) is 46.2 Å². The van der Waals surface area contributed by atoms with Gasteiger partial charge < -0.3 is 14.4 Å². The average Bonchev–Trinajstić information content (AvgIpc) is 2.92. The first-order valence-electron chi connectivity index (χ1n) is 12.8. The zero-order valence-corrected chi connectivity index (χ0v) is 21.9. The van der Waals surface area contributed by atoms with Gasteiger partial charge in [-0.25, -0.2) is 14.8 Å². The molecule has 0 unspecified atom stereocenters. The first kappa shape index (κ1) is 24.8. The van der Waals surface area contributed by atoms with Crippen LogP contribution in [0.1, 0.15) is 44.2 Å². The van der Waals surface area contributed by atoms with Crippen molar-refractivity contribution in [1.82, 2.24) is 19.1 Å². The van der Waals surface area contributed by atoms with Crippen molar-refractivity contribution in [3.8, 4) is 11.5 Å². The maximum Gasteiger partial charge on any atom is 0.331 e. The summed E-state index contributed by atoms with van der Waals surface area (Å²) in [6, 6.07) is 9.35. The first-order valence-corrected chi connectivity index (χ1v) is 12.8. The molecule has 2 aromatic carbocycles. The molecule has 0 aliphatic carbocycles. The molecule has 9 heteroatoms. The van der Waals surface area contributed by atoms with Crippen molar-refractivity contribution in [3.63, 3.8) is 0 Å². The van der Waals surface area contributed by atoms with Crippen LogP contribution < -0.4 is 25.6 Å². The van der Waals surface area contributed by atoms with Gasteiger partial charge in [0.05, 0.1) is 30.6 Å². The minimum atomic E-state index is -0.211. The highest BCUT2D eigenvalue weighted by Crippen LogP contribution is 2.36. The summed E-state index contributed by atoms with van der Waals surface area (Å²) in [5.74, 6) is 2.04. The smallest absolute Gasteiger partial charge is 0.331 e. The normalized spacial score (nSPS) is 14.4. The van der Waals surface area contributed by atoms with Gasteiger partial charge in [0.2, 0.25) is 0 Å². The van der Waals surface area contributed by atoms with Gasteiger partial charge in [-0.3, -0.25) is 13.9 Å². The molecule has 0 atom stereocenters. The lowest BCUT2D eigenvalue weighted by atomic mass is 10.0. The van der Waals surface area contributed by atoms with Gasteiger partial charge in [-0.2, -0.15) is 0 Å². The van der Waals surface area contributed by atoms with Gasteiger partial charge >= 0.3 is 5.69 Å². The molecule has 5 rings (SSSR count). The number of hydrogen-bond acceptors (Lipinski definition) is 7. The highest BCUT2D eigenvalue weighted by Gasteiger charge is 2.27. The second kappa shape index (κ2) is 10.2. The van der Waals surface area contributed by atoms with E-state index in [0.29, 0.717) is 49.4 Å². The molecule has 9 nitrogen and oxygen atoms in total. The molecule has 37 heavy (non-hydrogen) atoms. The van der Waals surface area contributed by atoms with Gasteiger partial charge in [0.1, 0.15) is 12.1 Å². The molecule has 0 amide bonds. The standard InChI is InChI=1S/C28H33N5O4/c1-5-6-11-32-23-8-7-18(2)14-21(23)27(34)33(28(32)35)19-9-12-31(13-10-19)26-20-15-24(36-3)25(37-4)16-22(20)29-17-30-26/h7-8,14-17,19H,5-6,9-13H2,1-4H3. The Hall–Kier alpha value is -3.88. The van der Waals surface area contributed by atoms with Crippen LogP contribution >= 0.6 is 0 Å². The molecular formula is C28H33N5O4. The number of piperidine rings is 1. The molecule has 0 radical (unpaired) electrons. The fraction of sp³-hybridized carbons (Fsp3) is 0.429. The van der Waals surface area contributed by atoms with E-state index in [0.717, 1.165) is 40.6 Å². The van der Waals surface area contributed by atoms with Crippen LogP contribution in [0, 0.1) is 6.92 Å². The van der Waals surface area contributed by atoms with Crippen molar-refractivity contribution in [2.75, 3.05) is 32.2 Å². The van der Waals surface area contributed by atoms with Gasteiger partial charge in [-0.1, -0.05) is 25.0 Å². The summed E-state index contributed by atoms with van der Waals surface area (Å²) in [5, 5.41) is 1.49. The number of hydrogen-bond donors (Lipinski definition) is 0. The molecule has 0 saturated carbocycles. The minimum absolute atomic E-state index is 0.170. The van der Waals surface area contributed by atoms with Crippen LogP contribution in [-0.4, -0.2) is 46.4 Å². The Morgan fingerprint density at radius 3 is 2.41 bits per heavy atom. The number of nitrogens with zero attached hydrogens (tertiary/aromatic N) is 5. The maximum absolute atomic E-state index is 13.6. The Bertz CT molecular complexity index is 1570. The molecule has 0 N–H and O–H groups in total. The number of benzene rings is 2. The number of unbranched alkanes of at least 4 members (excludes halogenated alkanes) is 1. The highest BCUT2D eigenvalue weighted by atomic mass is 16.5. The van der Waals surface area contributed by atoms with Crippen molar-refractivity contribution < 1.29 is 9.47 Å². The lowest BCUT2D eigenvalue weighted by Gasteiger charge is -2.34. The molecule has 3 heterocycles. The summed E-state index contributed by atoms with van der Waals surface area (Å²) in [4.78, 5) is 38.4. The molecule has 1 aliphatic rings. The zero-order valence-electron chi connectivity index (χ0n) is 21.9. The summed E-state index contributed by atoms with van der Waals surface area (Å²) in [7, 11) is 3.21. The van der Waals surface area contributed by atoms with Crippen LogP contribution in [0.4, 0.5) is 5.82 Å². The SMILES string of the molecule is CCCCn1c(=O)n(C2CCN(c3ncnc4cc(OC)c(OC)cc34)CC2)c(=O)c2cc(C)ccc21. The quantitative estimate of drug-likeness (QED) is 0.375. The number of aryl methyl sites for hydroxylation is 2. The van der Waals surface area contributed by atoms with E-state index in [9.17, 15) is 9.59 Å². The second-order valence-electron chi connectivity index (χ2n) is 9.62. The second-order valence-corrected chi connectivity index (χ2v) is 9.62. The summed E-state index contributed by atoms with van der Waals surface area (Å²) < 4.78 is 14.2. The molecular weight excluding hydrogens is 470 g/mol. The molecule has 4 aromatic rings. The highest BCUT2D eigenvalue weighted by molar-refractivity contribution is 5.92. The van der Waals surface area contributed by atoms with Gasteiger partial charge in [0, 0.05) is 37.1 Å². The van der Waals surface area contributed by atoms with Crippen molar-refractivity contribution in [1.29, 1.82) is 0 Å². The van der Waals surface area contributed by atoms with Crippen molar-refractivity contribution in [2.45, 2.75) is 52.1 Å². The largest absolute Gasteiger partial charge is 0.493 e. The van der Waals surface area contributed by atoms with Crippen LogP contribution in [-0.2, 0) is 6.54 Å². The minimum Gasteiger partial charge on any atom is -0.493 e. The zero-order chi connectivity index (χ0) is 26.1. The van der Waals surface area contributed by atoms with Gasteiger partial charge in [0.15, 0.2) is 11.5 Å². The molecule has 0 bridgehead atoms. The van der Waals surface area contributed by atoms with Crippen LogP contribution in [0.3, 0.4) is 0 Å². The number of anilines is 1. The Labute approximate surface area is 215 Å². The molecule has 194 valence electrons. The number of fused-ring (bicyclic) bond motifs is 2. The summed E-state index contributed by atoms with van der Waals surface area (Å²) in [5.41, 5.74) is 2.09. The molecule has 1 saturated heterocycles. The van der Waals surface area contributed by atoms with E-state index in [1.54, 1.807) is 25.1 Å². The van der Waals surface area contributed by atoms with E-state index in [-0.39, 0.29) is 17.3 Å². The predicted molar refractivity (Wildman–Crippen MR) is 145 cm³/mol. The fourth-order valence-corrected chi connectivity index (χ4v) is 5.32. The van der Waals surface area contributed by atoms with Crippen LogP contribution in [0.2, 0.25) is 0 Å². The lowest BCUT2D eigenvalue weighted by molar-refractivity contribution is 0.355. The van der Waals surface area contributed by atoms with Crippen molar-refractivity contribution >= 4 is 27.6 Å². The van der Waals surface area contributed by atoms with E-state index in [4.69, 9.17) is 9.47 Å². The van der Waals surface area contributed by atoms with E-state index in [1.165, 1.54) is 4.57 Å². The number of aromatic nitrogens is 4. The molecule has 2 aromatic heterocycles. The van der Waals surface area contributed by atoms with E-state index in [2.05, 4.69) is 21.8 Å². The molecule has 1 aliphatic heterocycles. The predicted octanol–water partition coefficient (Wildman–Crippen LogP) is 4.07. The monoisotopic (exact) mass is 503 g/mol. The van der Waals surface area contributed by atoms with E-state index >= 15 is 0 Å². The third-order valence-corrected chi connectivity index (χ3v) is 7.31. The van der Waals surface area contributed by atoms with Crippen molar-refractivity contribution in [3.05, 3.63) is 63.1 Å². The molecule has 0 spiro atoms. The third kappa shape index (κ3) is 4.43. The number of rotatable bonds is 7. The number of methoxy groups -OCH3 is 2. The average molecular weight is 504 g/mol. The Morgan fingerprint density at radius 2 is 1.70 bits per heavy atom. The van der Waals surface area contributed by atoms with Gasteiger partial charge in [0.25, 0.3) is 5.56 Å². The van der Waals surface area contributed by atoms with Gasteiger partial charge in [-0.15, -0.1) is 0 Å². The van der Waals surface area contributed by atoms with Crippen LogP contribution in [0.5, 0.6) is 11.5 Å². The number of ether oxygens (including phenoxy) is 2. The Kier molecular flexibility index (Phi) is 6.86. The maximum atomic E-state index is 13.6. The summed E-state index contributed by atoms with van der Waals surface area (Å²) in [6.45, 7) is 6.01. The van der Waals surface area contributed by atoms with E-state index < -0.39 is 0 Å².